The molecule has 0 unspecified atom stereocenters. The number of nitrogen functional groups attached to an aromatic ring is 1. The van der Waals surface area contributed by atoms with E-state index < -0.39 is 0 Å². The molecular weight excluding hydrogens is 186 g/mol. The third kappa shape index (κ3) is 1.45. The third-order valence-corrected chi connectivity index (χ3v) is 2.92. The highest BCUT2D eigenvalue weighted by atomic mass is 14.8. The van der Waals surface area contributed by atoms with Crippen molar-refractivity contribution in [2.45, 2.75) is 20.4 Å². The number of aryl methyl sites for hydroxylation is 2. The Morgan fingerprint density at radius 1 is 1.27 bits per heavy atom. The minimum atomic E-state index is 0.565. The minimum Gasteiger partial charge on any atom is -0.383 e. The summed E-state index contributed by atoms with van der Waals surface area (Å²) in [6.45, 7) is 4.70. The molecule has 0 bridgehead atoms. The van der Waals surface area contributed by atoms with Gasteiger partial charge in [0.2, 0.25) is 0 Å². The maximum atomic E-state index is 5.84. The summed E-state index contributed by atoms with van der Waals surface area (Å²) in [5.41, 5.74) is 15.2. The van der Waals surface area contributed by atoms with E-state index in [9.17, 15) is 0 Å². The van der Waals surface area contributed by atoms with E-state index in [1.54, 1.807) is 6.20 Å². The fraction of sp³-hybridized carbons (Fsp3) is 0.250. The van der Waals surface area contributed by atoms with Crippen molar-refractivity contribution in [1.82, 2.24) is 4.98 Å². The number of nitrogens with zero attached hydrogens (tertiary/aromatic N) is 1. The fourth-order valence-electron chi connectivity index (χ4n) is 2.04. The zero-order chi connectivity index (χ0) is 11.0. The number of hydrogen-bond acceptors (Lipinski definition) is 3. The monoisotopic (exact) mass is 201 g/mol. The maximum absolute atomic E-state index is 5.84. The van der Waals surface area contributed by atoms with Gasteiger partial charge < -0.3 is 11.5 Å². The molecule has 0 aliphatic heterocycles. The van der Waals surface area contributed by atoms with Gasteiger partial charge in [0.05, 0.1) is 0 Å². The first-order valence-corrected chi connectivity index (χ1v) is 4.98. The summed E-state index contributed by atoms with van der Waals surface area (Å²) < 4.78 is 0. The van der Waals surface area contributed by atoms with E-state index in [-0.39, 0.29) is 0 Å². The van der Waals surface area contributed by atoms with E-state index in [1.807, 2.05) is 6.07 Å². The van der Waals surface area contributed by atoms with E-state index in [0.717, 1.165) is 10.8 Å². The van der Waals surface area contributed by atoms with Crippen LogP contribution >= 0.6 is 0 Å². The molecule has 0 amide bonds. The smallest absolute Gasteiger partial charge is 0.131 e. The molecule has 2 rings (SSSR count). The van der Waals surface area contributed by atoms with E-state index >= 15 is 0 Å². The van der Waals surface area contributed by atoms with Crippen LogP contribution < -0.4 is 11.5 Å². The summed E-state index contributed by atoms with van der Waals surface area (Å²) in [6.07, 6.45) is 1.74. The molecule has 15 heavy (non-hydrogen) atoms. The largest absolute Gasteiger partial charge is 0.383 e. The van der Waals surface area contributed by atoms with Crippen molar-refractivity contribution in [2.75, 3.05) is 5.73 Å². The van der Waals surface area contributed by atoms with Gasteiger partial charge >= 0.3 is 0 Å². The predicted molar refractivity (Wildman–Crippen MR) is 63.5 cm³/mol. The van der Waals surface area contributed by atoms with Crippen LogP contribution in [-0.4, -0.2) is 4.98 Å². The number of aromatic nitrogens is 1. The lowest BCUT2D eigenvalue weighted by molar-refractivity contribution is 1.03. The zero-order valence-electron chi connectivity index (χ0n) is 9.04. The maximum Gasteiger partial charge on any atom is 0.131 e. The zero-order valence-corrected chi connectivity index (χ0v) is 9.04. The highest BCUT2D eigenvalue weighted by Crippen LogP contribution is 2.27. The summed E-state index contributed by atoms with van der Waals surface area (Å²) >= 11 is 0. The number of pyridine rings is 1. The molecule has 78 valence electrons. The van der Waals surface area contributed by atoms with Crippen LogP contribution in [0.3, 0.4) is 0 Å². The molecule has 1 aromatic carbocycles. The summed E-state index contributed by atoms with van der Waals surface area (Å²) in [4.78, 5) is 4.09. The van der Waals surface area contributed by atoms with Gasteiger partial charge in [-0.3, -0.25) is 0 Å². The molecule has 0 aliphatic carbocycles. The van der Waals surface area contributed by atoms with Crippen molar-refractivity contribution in [2.24, 2.45) is 5.73 Å². The number of fused-ring (bicyclic) bond motifs is 1. The molecule has 0 spiro atoms. The van der Waals surface area contributed by atoms with Crippen molar-refractivity contribution in [3.8, 4) is 0 Å². The Labute approximate surface area is 89.1 Å². The summed E-state index contributed by atoms with van der Waals surface area (Å²) in [6, 6.07) is 4.05. The lowest BCUT2D eigenvalue weighted by atomic mass is 9.96. The molecule has 0 fully saturated rings. The molecule has 2 aromatic rings. The fourth-order valence-corrected chi connectivity index (χ4v) is 2.04. The second-order valence-electron chi connectivity index (χ2n) is 3.79. The third-order valence-electron chi connectivity index (χ3n) is 2.92. The minimum absolute atomic E-state index is 0.565. The Morgan fingerprint density at radius 3 is 2.67 bits per heavy atom. The predicted octanol–water partition coefficient (Wildman–Crippen LogP) is 1.89. The number of benzene rings is 1. The van der Waals surface area contributed by atoms with Crippen LogP contribution in [0.2, 0.25) is 0 Å². The van der Waals surface area contributed by atoms with E-state index in [4.69, 9.17) is 11.5 Å². The van der Waals surface area contributed by atoms with Crippen molar-refractivity contribution in [3.63, 3.8) is 0 Å². The van der Waals surface area contributed by atoms with Gasteiger partial charge in [0, 0.05) is 18.1 Å². The first-order valence-electron chi connectivity index (χ1n) is 4.98. The van der Waals surface area contributed by atoms with Crippen LogP contribution in [-0.2, 0) is 6.54 Å². The van der Waals surface area contributed by atoms with Gasteiger partial charge in [0.25, 0.3) is 0 Å². The molecule has 1 aromatic heterocycles. The normalized spacial score (nSPS) is 10.9. The van der Waals surface area contributed by atoms with Crippen LogP contribution in [0.25, 0.3) is 10.8 Å². The highest BCUT2D eigenvalue weighted by Gasteiger charge is 2.08. The second kappa shape index (κ2) is 3.51. The lowest BCUT2D eigenvalue weighted by Crippen LogP contribution is -2.03. The van der Waals surface area contributed by atoms with Crippen molar-refractivity contribution >= 4 is 16.6 Å². The Morgan fingerprint density at radius 2 is 2.00 bits per heavy atom. The first kappa shape index (κ1) is 9.93. The van der Waals surface area contributed by atoms with E-state index in [1.165, 1.54) is 16.7 Å². The Balaban J connectivity index is 2.91. The molecule has 0 saturated heterocycles. The van der Waals surface area contributed by atoms with Crippen LogP contribution in [0, 0.1) is 13.8 Å². The van der Waals surface area contributed by atoms with E-state index in [0.29, 0.717) is 12.4 Å². The second-order valence-corrected chi connectivity index (χ2v) is 3.79. The van der Waals surface area contributed by atoms with Gasteiger partial charge in [-0.25, -0.2) is 4.98 Å². The molecule has 0 aliphatic rings. The Hall–Kier alpha value is -1.61. The van der Waals surface area contributed by atoms with E-state index in [2.05, 4.69) is 24.9 Å². The van der Waals surface area contributed by atoms with Crippen molar-refractivity contribution < 1.29 is 0 Å². The summed E-state index contributed by atoms with van der Waals surface area (Å²) in [7, 11) is 0. The number of hydrogen-bond donors (Lipinski definition) is 2. The van der Waals surface area contributed by atoms with Crippen LogP contribution in [0.4, 0.5) is 5.82 Å². The SMILES string of the molecule is Cc1cc2c(N)nccc2c(C)c1CN. The topological polar surface area (TPSA) is 64.9 Å². The van der Waals surface area contributed by atoms with Gasteiger partial charge in [0.15, 0.2) is 0 Å². The summed E-state index contributed by atoms with van der Waals surface area (Å²) in [5, 5.41) is 2.17. The van der Waals surface area contributed by atoms with Gasteiger partial charge in [-0.2, -0.15) is 0 Å². The van der Waals surface area contributed by atoms with Crippen LogP contribution in [0.5, 0.6) is 0 Å². The first-order chi connectivity index (χ1) is 7.15. The average Bonchev–Trinajstić information content (AvgIpc) is 2.20. The molecule has 3 heteroatoms. The molecular formula is C12H15N3. The lowest BCUT2D eigenvalue weighted by Gasteiger charge is -2.12. The number of nitrogens with two attached hydrogens (primary N) is 2. The van der Waals surface area contributed by atoms with Gasteiger partial charge in [-0.15, -0.1) is 0 Å². The average molecular weight is 201 g/mol. The van der Waals surface area contributed by atoms with Crippen LogP contribution in [0.15, 0.2) is 18.3 Å². The Kier molecular flexibility index (Phi) is 2.32. The standard InChI is InChI=1S/C12H15N3/c1-7-5-10-9(3-4-15-12(10)14)8(2)11(7)6-13/h3-5H,6,13H2,1-2H3,(H2,14,15). The van der Waals surface area contributed by atoms with Gasteiger partial charge in [0.1, 0.15) is 5.82 Å². The quantitative estimate of drug-likeness (QED) is 0.740. The molecule has 0 saturated carbocycles. The van der Waals surface area contributed by atoms with Crippen molar-refractivity contribution in [3.05, 3.63) is 35.0 Å². The highest BCUT2D eigenvalue weighted by molar-refractivity contribution is 5.94. The van der Waals surface area contributed by atoms with Gasteiger partial charge in [-0.1, -0.05) is 0 Å². The molecule has 0 radical (unpaired) electrons. The molecule has 3 nitrogen and oxygen atoms in total. The summed E-state index contributed by atoms with van der Waals surface area (Å²) in [5.74, 6) is 0.585. The van der Waals surface area contributed by atoms with Crippen molar-refractivity contribution in [1.29, 1.82) is 0 Å². The van der Waals surface area contributed by atoms with Crippen LogP contribution in [0.1, 0.15) is 16.7 Å². The van der Waals surface area contributed by atoms with Gasteiger partial charge in [-0.05, 0) is 48.1 Å². The number of anilines is 1. The Bertz CT molecular complexity index is 518. The molecule has 1 heterocycles. The molecule has 0 atom stereocenters. The molecule has 4 N–H and O–H groups in total. The number of rotatable bonds is 1.